The van der Waals surface area contributed by atoms with Gasteiger partial charge in [0.1, 0.15) is 12.1 Å². The summed E-state index contributed by atoms with van der Waals surface area (Å²) in [4.78, 5) is 11.8. The van der Waals surface area contributed by atoms with Crippen molar-refractivity contribution in [1.29, 1.82) is 0 Å². The molecule has 2 aromatic carbocycles. The molecular formula is C27H30F3N3OS. The van der Waals surface area contributed by atoms with Gasteiger partial charge in [0.15, 0.2) is 0 Å². The highest BCUT2D eigenvalue weighted by atomic mass is 32.2. The molecule has 1 saturated heterocycles. The van der Waals surface area contributed by atoms with Crippen LogP contribution in [0, 0.1) is 5.92 Å². The van der Waals surface area contributed by atoms with Gasteiger partial charge in [0, 0.05) is 41.1 Å². The molecule has 3 aromatic rings. The second kappa shape index (κ2) is 11.0. The first-order chi connectivity index (χ1) is 16.8. The van der Waals surface area contributed by atoms with Crippen molar-refractivity contribution in [2.75, 3.05) is 24.6 Å². The Bertz CT molecular complexity index is 1140. The minimum Gasteiger partial charge on any atom is -0.396 e. The van der Waals surface area contributed by atoms with Gasteiger partial charge in [-0.05, 0) is 54.9 Å². The summed E-state index contributed by atoms with van der Waals surface area (Å²) in [5.74, 6) is 1.42. The molecule has 8 heteroatoms. The third kappa shape index (κ3) is 6.16. The molecule has 35 heavy (non-hydrogen) atoms. The van der Waals surface area contributed by atoms with Crippen LogP contribution in [0.4, 0.5) is 19.0 Å². The van der Waals surface area contributed by atoms with E-state index in [2.05, 4.69) is 14.9 Å². The molecular weight excluding hydrogens is 471 g/mol. The Kier molecular flexibility index (Phi) is 8.02. The zero-order chi connectivity index (χ0) is 25.0. The van der Waals surface area contributed by atoms with Crippen LogP contribution >= 0.6 is 11.8 Å². The molecule has 0 aliphatic carbocycles. The van der Waals surface area contributed by atoms with E-state index in [-0.39, 0.29) is 17.4 Å². The van der Waals surface area contributed by atoms with Gasteiger partial charge in [0.05, 0.1) is 11.3 Å². The molecule has 1 N–H and O–H groups in total. The van der Waals surface area contributed by atoms with E-state index in [4.69, 9.17) is 5.11 Å². The van der Waals surface area contributed by atoms with Crippen LogP contribution in [0.3, 0.4) is 0 Å². The van der Waals surface area contributed by atoms with Crippen LogP contribution in [-0.2, 0) is 6.18 Å². The molecule has 0 saturated carbocycles. The van der Waals surface area contributed by atoms with Gasteiger partial charge in [-0.15, -0.1) is 0 Å². The van der Waals surface area contributed by atoms with Crippen LogP contribution in [0.2, 0.25) is 0 Å². The molecule has 0 spiro atoms. The van der Waals surface area contributed by atoms with E-state index in [1.165, 1.54) is 12.4 Å². The Morgan fingerprint density at radius 3 is 2.46 bits per heavy atom. The lowest BCUT2D eigenvalue weighted by molar-refractivity contribution is -0.139. The van der Waals surface area contributed by atoms with Crippen molar-refractivity contribution < 1.29 is 18.3 Å². The number of aliphatic hydroxyl groups excluding tert-OH is 1. The van der Waals surface area contributed by atoms with Gasteiger partial charge in [-0.25, -0.2) is 9.97 Å². The van der Waals surface area contributed by atoms with Crippen LogP contribution in [0.15, 0.2) is 64.6 Å². The zero-order valence-electron chi connectivity index (χ0n) is 19.9. The van der Waals surface area contributed by atoms with Crippen molar-refractivity contribution in [2.45, 2.75) is 55.0 Å². The summed E-state index contributed by atoms with van der Waals surface area (Å²) >= 11 is 1.15. The maximum absolute atomic E-state index is 14.1. The Hall–Kier alpha value is -2.58. The molecule has 0 bridgehead atoms. The number of aliphatic hydroxyl groups is 1. The number of nitrogens with zero attached hydrogens (tertiary/aromatic N) is 3. The second-order valence-corrected chi connectivity index (χ2v) is 10.3. The van der Waals surface area contributed by atoms with Crippen LogP contribution in [0.5, 0.6) is 0 Å². The fourth-order valence-electron chi connectivity index (χ4n) is 4.48. The molecule has 1 fully saturated rings. The van der Waals surface area contributed by atoms with Gasteiger partial charge >= 0.3 is 6.18 Å². The predicted molar refractivity (Wildman–Crippen MR) is 134 cm³/mol. The number of halogens is 3. The standard InChI is InChI=1S/C27H30F3N3OS/c1-18(2)21-5-3-4-6-24(21)35-25-8-7-20(15-22(25)27(28,29)30)23-16-26(32-17-31-23)33-12-9-19(10-13-33)11-14-34/h3-8,15-19,34H,9-14H2,1-2H3. The molecule has 4 nitrogen and oxygen atoms in total. The van der Waals surface area contributed by atoms with E-state index in [1.807, 2.05) is 38.1 Å². The SMILES string of the molecule is CC(C)c1ccccc1Sc1ccc(-c2cc(N3CCC(CCO)CC3)ncn2)cc1C(F)(F)F. The summed E-state index contributed by atoms with van der Waals surface area (Å²) < 4.78 is 42.3. The number of piperidine rings is 1. The molecule has 4 rings (SSSR count). The normalized spacial score (nSPS) is 15.1. The average Bonchev–Trinajstić information content (AvgIpc) is 2.84. The smallest absolute Gasteiger partial charge is 0.396 e. The number of aromatic nitrogens is 2. The average molecular weight is 502 g/mol. The van der Waals surface area contributed by atoms with Gasteiger partial charge in [0.2, 0.25) is 0 Å². The van der Waals surface area contributed by atoms with Crippen molar-refractivity contribution in [3.8, 4) is 11.3 Å². The van der Waals surface area contributed by atoms with Gasteiger partial charge in [0.25, 0.3) is 0 Å². The molecule has 2 heterocycles. The van der Waals surface area contributed by atoms with Crippen molar-refractivity contribution in [1.82, 2.24) is 9.97 Å². The van der Waals surface area contributed by atoms with Crippen molar-refractivity contribution in [3.05, 3.63) is 66.0 Å². The summed E-state index contributed by atoms with van der Waals surface area (Å²) in [6.07, 6.45) is -0.353. The summed E-state index contributed by atoms with van der Waals surface area (Å²) in [5.41, 5.74) is 1.25. The highest BCUT2D eigenvalue weighted by molar-refractivity contribution is 7.99. The Morgan fingerprint density at radius 1 is 1.03 bits per heavy atom. The van der Waals surface area contributed by atoms with E-state index < -0.39 is 11.7 Å². The third-order valence-corrected chi connectivity index (χ3v) is 7.64. The molecule has 0 unspecified atom stereocenters. The fraction of sp³-hybridized carbons (Fsp3) is 0.407. The maximum Gasteiger partial charge on any atom is 0.417 e. The summed E-state index contributed by atoms with van der Waals surface area (Å²) in [6.45, 7) is 5.88. The number of anilines is 1. The minimum atomic E-state index is -4.49. The van der Waals surface area contributed by atoms with Crippen molar-refractivity contribution in [3.63, 3.8) is 0 Å². The molecule has 1 aliphatic heterocycles. The quantitative estimate of drug-likeness (QED) is 0.376. The zero-order valence-corrected chi connectivity index (χ0v) is 20.7. The number of alkyl halides is 3. The van der Waals surface area contributed by atoms with Crippen LogP contribution in [0.1, 0.15) is 50.2 Å². The topological polar surface area (TPSA) is 49.2 Å². The number of hydrogen-bond acceptors (Lipinski definition) is 5. The lowest BCUT2D eigenvalue weighted by atomic mass is 9.94. The molecule has 1 aliphatic rings. The van der Waals surface area contributed by atoms with Crippen molar-refractivity contribution in [2.24, 2.45) is 5.92 Å². The number of benzene rings is 2. The number of rotatable bonds is 7. The van der Waals surface area contributed by atoms with Gasteiger partial charge in [-0.1, -0.05) is 49.9 Å². The van der Waals surface area contributed by atoms with Crippen LogP contribution in [-0.4, -0.2) is 34.8 Å². The Labute approximate surface area is 208 Å². The highest BCUT2D eigenvalue weighted by Crippen LogP contribution is 2.43. The van der Waals surface area contributed by atoms with E-state index in [0.29, 0.717) is 17.2 Å². The van der Waals surface area contributed by atoms with E-state index in [9.17, 15) is 13.2 Å². The maximum atomic E-state index is 14.1. The second-order valence-electron chi connectivity index (χ2n) is 9.21. The third-order valence-electron chi connectivity index (χ3n) is 6.47. The van der Waals surface area contributed by atoms with E-state index >= 15 is 0 Å². The molecule has 0 atom stereocenters. The minimum absolute atomic E-state index is 0.176. The summed E-state index contributed by atoms with van der Waals surface area (Å²) in [6, 6.07) is 13.8. The first kappa shape index (κ1) is 25.5. The predicted octanol–water partition coefficient (Wildman–Crippen LogP) is 7.04. The lowest BCUT2D eigenvalue weighted by Crippen LogP contribution is -2.34. The van der Waals surface area contributed by atoms with E-state index in [1.54, 1.807) is 18.2 Å². The summed E-state index contributed by atoms with van der Waals surface area (Å²) in [5, 5.41) is 9.17. The van der Waals surface area contributed by atoms with Crippen LogP contribution < -0.4 is 4.90 Å². The molecule has 0 radical (unpaired) electrons. The van der Waals surface area contributed by atoms with Crippen molar-refractivity contribution >= 4 is 17.6 Å². The van der Waals surface area contributed by atoms with E-state index in [0.717, 1.165) is 60.4 Å². The lowest BCUT2D eigenvalue weighted by Gasteiger charge is -2.32. The van der Waals surface area contributed by atoms with Gasteiger partial charge in [-0.3, -0.25) is 0 Å². The Morgan fingerprint density at radius 2 is 1.77 bits per heavy atom. The monoisotopic (exact) mass is 501 g/mol. The largest absolute Gasteiger partial charge is 0.417 e. The first-order valence-corrected chi connectivity index (χ1v) is 12.7. The summed E-state index contributed by atoms with van der Waals surface area (Å²) in [7, 11) is 0. The van der Waals surface area contributed by atoms with Gasteiger partial charge < -0.3 is 10.0 Å². The highest BCUT2D eigenvalue weighted by Gasteiger charge is 2.34. The molecule has 1 aromatic heterocycles. The Balaban J connectivity index is 1.62. The fourth-order valence-corrected chi connectivity index (χ4v) is 5.71. The number of hydrogen-bond donors (Lipinski definition) is 1. The first-order valence-electron chi connectivity index (χ1n) is 11.9. The molecule has 0 amide bonds. The van der Waals surface area contributed by atoms with Gasteiger partial charge in [-0.2, -0.15) is 13.2 Å². The molecule has 186 valence electrons. The van der Waals surface area contributed by atoms with Crippen LogP contribution in [0.25, 0.3) is 11.3 Å².